The molecular weight excluding hydrogens is 164 g/mol. The number of likely N-dealkylation sites (N-methyl/N-ethyl adjacent to an activating group) is 1. The van der Waals surface area contributed by atoms with Crippen molar-refractivity contribution >= 4 is 5.69 Å². The van der Waals surface area contributed by atoms with Gasteiger partial charge in [0.2, 0.25) is 0 Å². The molecule has 0 radical (unpaired) electrons. The molecule has 3 nitrogen and oxygen atoms in total. The fourth-order valence-corrected chi connectivity index (χ4v) is 1.27. The Balaban J connectivity index is 2.64. The average molecular weight is 180 g/mol. The lowest BCUT2D eigenvalue weighted by Crippen LogP contribution is -2.36. The Morgan fingerprint density at radius 3 is 2.38 bits per heavy atom. The SMILES string of the molecule is CN(CC(C)(C)O)c1ccncc1. The first-order chi connectivity index (χ1) is 5.99. The van der Waals surface area contributed by atoms with Crippen LogP contribution in [0.3, 0.4) is 0 Å². The summed E-state index contributed by atoms with van der Waals surface area (Å²) in [5, 5.41) is 9.59. The molecule has 0 aliphatic carbocycles. The summed E-state index contributed by atoms with van der Waals surface area (Å²) in [6.45, 7) is 4.20. The van der Waals surface area contributed by atoms with E-state index in [2.05, 4.69) is 4.98 Å². The van der Waals surface area contributed by atoms with Crippen molar-refractivity contribution in [1.82, 2.24) is 4.98 Å². The van der Waals surface area contributed by atoms with Gasteiger partial charge in [-0.1, -0.05) is 0 Å². The van der Waals surface area contributed by atoms with Crippen LogP contribution in [0.2, 0.25) is 0 Å². The Morgan fingerprint density at radius 1 is 1.38 bits per heavy atom. The minimum Gasteiger partial charge on any atom is -0.389 e. The van der Waals surface area contributed by atoms with Crippen molar-refractivity contribution in [3.63, 3.8) is 0 Å². The third-order valence-electron chi connectivity index (χ3n) is 1.73. The number of rotatable bonds is 3. The summed E-state index contributed by atoms with van der Waals surface area (Å²) in [5.74, 6) is 0. The van der Waals surface area contributed by atoms with E-state index in [0.29, 0.717) is 6.54 Å². The summed E-state index contributed by atoms with van der Waals surface area (Å²) >= 11 is 0. The molecule has 0 amide bonds. The molecule has 13 heavy (non-hydrogen) atoms. The molecule has 72 valence electrons. The number of aromatic nitrogens is 1. The summed E-state index contributed by atoms with van der Waals surface area (Å²) < 4.78 is 0. The quantitative estimate of drug-likeness (QED) is 0.761. The highest BCUT2D eigenvalue weighted by Crippen LogP contribution is 2.13. The number of aliphatic hydroxyl groups is 1. The molecule has 1 N–H and O–H groups in total. The number of hydrogen-bond donors (Lipinski definition) is 1. The van der Waals surface area contributed by atoms with Crippen molar-refractivity contribution in [1.29, 1.82) is 0 Å². The lowest BCUT2D eigenvalue weighted by atomic mass is 10.1. The fourth-order valence-electron chi connectivity index (χ4n) is 1.27. The monoisotopic (exact) mass is 180 g/mol. The predicted octanol–water partition coefficient (Wildman–Crippen LogP) is 1.29. The van der Waals surface area contributed by atoms with Crippen LogP contribution in [0.4, 0.5) is 5.69 Å². The molecule has 0 aliphatic rings. The molecule has 0 unspecified atom stereocenters. The number of anilines is 1. The molecule has 0 atom stereocenters. The number of pyridine rings is 1. The van der Waals surface area contributed by atoms with Crippen molar-refractivity contribution in [3.05, 3.63) is 24.5 Å². The van der Waals surface area contributed by atoms with Gasteiger partial charge in [-0.25, -0.2) is 0 Å². The van der Waals surface area contributed by atoms with Crippen LogP contribution < -0.4 is 4.90 Å². The lowest BCUT2D eigenvalue weighted by Gasteiger charge is -2.26. The van der Waals surface area contributed by atoms with E-state index in [-0.39, 0.29) is 0 Å². The van der Waals surface area contributed by atoms with Gasteiger partial charge in [-0.15, -0.1) is 0 Å². The Hall–Kier alpha value is -1.09. The van der Waals surface area contributed by atoms with Gasteiger partial charge in [0.05, 0.1) is 5.60 Å². The lowest BCUT2D eigenvalue weighted by molar-refractivity contribution is 0.0886. The molecule has 1 aromatic heterocycles. The van der Waals surface area contributed by atoms with Crippen LogP contribution in [-0.4, -0.2) is 29.3 Å². The molecule has 1 rings (SSSR count). The second kappa shape index (κ2) is 3.75. The minimum absolute atomic E-state index is 0.608. The van der Waals surface area contributed by atoms with Crippen molar-refractivity contribution in [2.75, 3.05) is 18.5 Å². The normalized spacial score (nSPS) is 11.4. The van der Waals surface area contributed by atoms with Gasteiger partial charge in [-0.05, 0) is 26.0 Å². The smallest absolute Gasteiger partial charge is 0.0765 e. The highest BCUT2D eigenvalue weighted by Gasteiger charge is 2.15. The maximum Gasteiger partial charge on any atom is 0.0765 e. The van der Waals surface area contributed by atoms with E-state index in [1.54, 1.807) is 26.2 Å². The minimum atomic E-state index is -0.669. The third-order valence-corrected chi connectivity index (χ3v) is 1.73. The molecule has 0 spiro atoms. The van der Waals surface area contributed by atoms with E-state index in [4.69, 9.17) is 0 Å². The summed E-state index contributed by atoms with van der Waals surface area (Å²) in [6.07, 6.45) is 3.49. The molecule has 1 aromatic rings. The maximum atomic E-state index is 9.59. The largest absolute Gasteiger partial charge is 0.389 e. The Morgan fingerprint density at radius 2 is 1.92 bits per heavy atom. The average Bonchev–Trinajstić information content (AvgIpc) is 2.03. The first-order valence-electron chi connectivity index (χ1n) is 4.32. The first-order valence-corrected chi connectivity index (χ1v) is 4.32. The van der Waals surface area contributed by atoms with Crippen LogP contribution in [0.5, 0.6) is 0 Å². The van der Waals surface area contributed by atoms with Gasteiger partial charge in [0.1, 0.15) is 0 Å². The Labute approximate surface area is 79.0 Å². The molecule has 0 bridgehead atoms. The summed E-state index contributed by atoms with van der Waals surface area (Å²) in [7, 11) is 1.95. The third kappa shape index (κ3) is 3.42. The van der Waals surface area contributed by atoms with Gasteiger partial charge < -0.3 is 10.0 Å². The van der Waals surface area contributed by atoms with Crippen LogP contribution in [0.15, 0.2) is 24.5 Å². The van der Waals surface area contributed by atoms with E-state index in [1.165, 1.54) is 0 Å². The van der Waals surface area contributed by atoms with Crippen LogP contribution in [0, 0.1) is 0 Å². The maximum absolute atomic E-state index is 9.59. The number of nitrogens with zero attached hydrogens (tertiary/aromatic N) is 2. The van der Waals surface area contributed by atoms with Crippen LogP contribution >= 0.6 is 0 Å². The molecule has 0 fully saturated rings. The van der Waals surface area contributed by atoms with Gasteiger partial charge >= 0.3 is 0 Å². The Kier molecular flexibility index (Phi) is 2.88. The van der Waals surface area contributed by atoms with Gasteiger partial charge in [-0.2, -0.15) is 0 Å². The van der Waals surface area contributed by atoms with E-state index in [1.807, 2.05) is 24.1 Å². The number of hydrogen-bond acceptors (Lipinski definition) is 3. The molecule has 0 aromatic carbocycles. The van der Waals surface area contributed by atoms with E-state index >= 15 is 0 Å². The predicted molar refractivity (Wildman–Crippen MR) is 53.8 cm³/mol. The summed E-state index contributed by atoms with van der Waals surface area (Å²) in [5.41, 5.74) is 0.398. The van der Waals surface area contributed by atoms with Crippen molar-refractivity contribution < 1.29 is 5.11 Å². The molecule has 1 heterocycles. The van der Waals surface area contributed by atoms with E-state index in [9.17, 15) is 5.11 Å². The zero-order valence-corrected chi connectivity index (χ0v) is 8.36. The summed E-state index contributed by atoms with van der Waals surface area (Å²) in [6, 6.07) is 3.84. The van der Waals surface area contributed by atoms with Crippen molar-refractivity contribution in [2.24, 2.45) is 0 Å². The van der Waals surface area contributed by atoms with Gasteiger partial charge in [0, 0.05) is 31.7 Å². The van der Waals surface area contributed by atoms with E-state index < -0.39 is 5.60 Å². The second-order valence-electron chi connectivity index (χ2n) is 3.87. The van der Waals surface area contributed by atoms with E-state index in [0.717, 1.165) is 5.69 Å². The van der Waals surface area contributed by atoms with Crippen LogP contribution in [0.25, 0.3) is 0 Å². The fraction of sp³-hybridized carbons (Fsp3) is 0.500. The van der Waals surface area contributed by atoms with Crippen LogP contribution in [0.1, 0.15) is 13.8 Å². The molecule has 0 saturated carbocycles. The second-order valence-corrected chi connectivity index (χ2v) is 3.87. The molecule has 0 aliphatic heterocycles. The first kappa shape index (κ1) is 9.99. The molecule has 0 saturated heterocycles. The van der Waals surface area contributed by atoms with Crippen molar-refractivity contribution in [2.45, 2.75) is 19.4 Å². The topological polar surface area (TPSA) is 36.4 Å². The van der Waals surface area contributed by atoms with Crippen LogP contribution in [-0.2, 0) is 0 Å². The Bertz CT molecular complexity index is 253. The zero-order chi connectivity index (χ0) is 9.90. The van der Waals surface area contributed by atoms with Gasteiger partial charge in [0.25, 0.3) is 0 Å². The summed E-state index contributed by atoms with van der Waals surface area (Å²) in [4.78, 5) is 5.94. The van der Waals surface area contributed by atoms with Crippen molar-refractivity contribution in [3.8, 4) is 0 Å². The zero-order valence-electron chi connectivity index (χ0n) is 8.36. The highest BCUT2D eigenvalue weighted by molar-refractivity contribution is 5.43. The van der Waals surface area contributed by atoms with Gasteiger partial charge in [-0.3, -0.25) is 4.98 Å². The van der Waals surface area contributed by atoms with Gasteiger partial charge in [0.15, 0.2) is 0 Å². The molecular formula is C10H16N2O. The highest BCUT2D eigenvalue weighted by atomic mass is 16.3. The standard InChI is InChI=1S/C10H16N2O/c1-10(2,13)8-12(3)9-4-6-11-7-5-9/h4-7,13H,8H2,1-3H3. The molecule has 3 heteroatoms.